The van der Waals surface area contributed by atoms with Crippen LogP contribution >= 0.6 is 11.3 Å². The molecule has 3 rings (SSSR count). The normalized spacial score (nSPS) is 12.4. The Morgan fingerprint density at radius 2 is 1.71 bits per heavy atom. The minimum atomic E-state index is -3.83. The number of thiophene rings is 1. The minimum Gasteiger partial charge on any atom is -0.334 e. The molecule has 1 unspecified atom stereocenters. The number of benzene rings is 2. The number of hydrogen-bond acceptors (Lipinski definition) is 4. The van der Waals surface area contributed by atoms with Gasteiger partial charge in [0.25, 0.3) is 15.9 Å². The maximum absolute atomic E-state index is 13.0. The number of amides is 1. The molecule has 0 aliphatic carbocycles. The Labute approximate surface area is 167 Å². The van der Waals surface area contributed by atoms with E-state index < -0.39 is 15.8 Å². The van der Waals surface area contributed by atoms with Crippen LogP contribution in [0.1, 0.15) is 28.2 Å². The Hall–Kier alpha value is -2.71. The fraction of sp³-hybridized carbons (Fsp3) is 0.150. The number of nitrogens with one attached hydrogen (secondary N) is 1. The van der Waals surface area contributed by atoms with E-state index in [0.717, 1.165) is 17.0 Å². The molecule has 0 fully saturated rings. The molecular weight excluding hydrogens is 399 g/mol. The molecule has 0 radical (unpaired) electrons. The topological polar surface area (TPSA) is 66.5 Å². The smallest absolute Gasteiger partial charge is 0.261 e. The number of nitrogens with zero attached hydrogens (tertiary/aromatic N) is 1. The fourth-order valence-electron chi connectivity index (χ4n) is 2.61. The van der Waals surface area contributed by atoms with Crippen LogP contribution in [0, 0.1) is 5.82 Å². The molecule has 1 aromatic heterocycles. The first-order valence-corrected chi connectivity index (χ1v) is 10.8. The van der Waals surface area contributed by atoms with Crippen LogP contribution in [0.25, 0.3) is 0 Å². The van der Waals surface area contributed by atoms with Gasteiger partial charge in [-0.05, 0) is 66.9 Å². The molecule has 3 aromatic rings. The molecule has 1 atom stereocenters. The second-order valence-electron chi connectivity index (χ2n) is 6.24. The third kappa shape index (κ3) is 4.40. The molecule has 1 N–H and O–H groups in total. The average Bonchev–Trinajstić information content (AvgIpc) is 3.21. The molecule has 0 bridgehead atoms. The number of carbonyl (C=O) groups excluding carboxylic acids is 1. The first kappa shape index (κ1) is 20.0. The third-order valence-corrected chi connectivity index (χ3v) is 6.80. The van der Waals surface area contributed by atoms with Crippen molar-refractivity contribution in [3.63, 3.8) is 0 Å². The predicted octanol–water partition coefficient (Wildman–Crippen LogP) is 4.52. The first-order valence-electron chi connectivity index (χ1n) is 8.47. The lowest BCUT2D eigenvalue weighted by molar-refractivity contribution is 0.0745. The van der Waals surface area contributed by atoms with Gasteiger partial charge < -0.3 is 4.90 Å². The number of carbonyl (C=O) groups is 1. The van der Waals surface area contributed by atoms with Crippen molar-refractivity contribution < 1.29 is 17.6 Å². The van der Waals surface area contributed by atoms with Gasteiger partial charge in [-0.2, -0.15) is 0 Å². The number of anilines is 1. The van der Waals surface area contributed by atoms with Gasteiger partial charge in [-0.25, -0.2) is 12.8 Å². The van der Waals surface area contributed by atoms with Crippen LogP contribution in [0.15, 0.2) is 70.9 Å². The van der Waals surface area contributed by atoms with E-state index >= 15 is 0 Å². The zero-order valence-corrected chi connectivity index (χ0v) is 16.9. The fourth-order valence-corrected chi connectivity index (χ4v) is 4.49. The van der Waals surface area contributed by atoms with Crippen molar-refractivity contribution in [1.29, 1.82) is 0 Å². The van der Waals surface area contributed by atoms with E-state index in [1.54, 1.807) is 35.4 Å². The highest BCUT2D eigenvalue weighted by molar-refractivity contribution is 7.92. The van der Waals surface area contributed by atoms with Gasteiger partial charge in [-0.3, -0.25) is 9.52 Å². The van der Waals surface area contributed by atoms with E-state index in [9.17, 15) is 17.6 Å². The van der Waals surface area contributed by atoms with Crippen LogP contribution < -0.4 is 4.72 Å². The van der Waals surface area contributed by atoms with Crippen LogP contribution in [-0.4, -0.2) is 26.3 Å². The van der Waals surface area contributed by atoms with Crippen molar-refractivity contribution in [2.24, 2.45) is 0 Å². The summed E-state index contributed by atoms with van der Waals surface area (Å²) in [6, 6.07) is 14.6. The second kappa shape index (κ2) is 8.12. The summed E-state index contributed by atoms with van der Waals surface area (Å²) in [4.78, 5) is 15.4. The second-order valence-corrected chi connectivity index (χ2v) is 8.91. The average molecular weight is 419 g/mol. The lowest BCUT2D eigenvalue weighted by Gasteiger charge is -2.24. The van der Waals surface area contributed by atoms with Crippen molar-refractivity contribution in [2.45, 2.75) is 17.9 Å². The van der Waals surface area contributed by atoms with Crippen molar-refractivity contribution in [1.82, 2.24) is 4.90 Å². The van der Waals surface area contributed by atoms with Crippen molar-refractivity contribution in [2.75, 3.05) is 11.8 Å². The highest BCUT2D eigenvalue weighted by Gasteiger charge is 2.20. The first-order chi connectivity index (χ1) is 13.3. The summed E-state index contributed by atoms with van der Waals surface area (Å²) < 4.78 is 40.1. The third-order valence-electron chi connectivity index (χ3n) is 4.36. The zero-order chi connectivity index (χ0) is 20.3. The highest BCUT2D eigenvalue weighted by atomic mass is 32.2. The van der Waals surface area contributed by atoms with E-state index in [1.807, 2.05) is 24.4 Å². The molecule has 1 heterocycles. The summed E-state index contributed by atoms with van der Waals surface area (Å²) in [7, 11) is -2.10. The van der Waals surface area contributed by atoms with Crippen molar-refractivity contribution >= 4 is 33.0 Å². The quantitative estimate of drug-likeness (QED) is 0.640. The van der Waals surface area contributed by atoms with Crippen LogP contribution in [0.5, 0.6) is 0 Å². The maximum atomic E-state index is 13.0. The van der Waals surface area contributed by atoms with E-state index in [0.29, 0.717) is 11.3 Å². The number of rotatable bonds is 6. The van der Waals surface area contributed by atoms with Crippen LogP contribution in [-0.2, 0) is 10.0 Å². The largest absolute Gasteiger partial charge is 0.334 e. The Bertz CT molecular complexity index is 1050. The lowest BCUT2D eigenvalue weighted by atomic mass is 10.1. The monoisotopic (exact) mass is 418 g/mol. The molecule has 0 aliphatic heterocycles. The standard InChI is InChI=1S/C20H19FN2O3S2/c1-14(19-4-3-13-27-19)23(2)20(24)15-5-9-17(10-6-15)22-28(25,26)18-11-7-16(21)8-12-18/h3-14,22H,1-2H3. The van der Waals surface area contributed by atoms with E-state index in [4.69, 9.17) is 0 Å². The molecule has 8 heteroatoms. The highest BCUT2D eigenvalue weighted by Crippen LogP contribution is 2.25. The molecule has 28 heavy (non-hydrogen) atoms. The SMILES string of the molecule is CC(c1cccs1)N(C)C(=O)c1ccc(NS(=O)(=O)c2ccc(F)cc2)cc1. The van der Waals surface area contributed by atoms with Crippen molar-refractivity contribution in [3.8, 4) is 0 Å². The van der Waals surface area contributed by atoms with Gasteiger partial charge in [-0.1, -0.05) is 6.07 Å². The van der Waals surface area contributed by atoms with Crippen LogP contribution in [0.2, 0.25) is 0 Å². The molecule has 2 aromatic carbocycles. The summed E-state index contributed by atoms with van der Waals surface area (Å²) in [5.74, 6) is -0.670. The van der Waals surface area contributed by atoms with E-state index in [-0.39, 0.29) is 16.8 Å². The molecule has 0 spiro atoms. The van der Waals surface area contributed by atoms with Gasteiger partial charge in [0.05, 0.1) is 10.9 Å². The van der Waals surface area contributed by atoms with Gasteiger partial charge in [0.15, 0.2) is 0 Å². The van der Waals surface area contributed by atoms with Crippen molar-refractivity contribution in [3.05, 3.63) is 82.3 Å². The summed E-state index contributed by atoms with van der Waals surface area (Å²) in [6.07, 6.45) is 0. The summed E-state index contributed by atoms with van der Waals surface area (Å²) in [6.45, 7) is 1.95. The zero-order valence-electron chi connectivity index (χ0n) is 15.3. The van der Waals surface area contributed by atoms with Crippen LogP contribution in [0.3, 0.4) is 0 Å². The predicted molar refractivity (Wildman–Crippen MR) is 108 cm³/mol. The van der Waals surface area contributed by atoms with Gasteiger partial charge >= 0.3 is 0 Å². The summed E-state index contributed by atoms with van der Waals surface area (Å²) in [5.41, 5.74) is 0.769. The maximum Gasteiger partial charge on any atom is 0.261 e. The van der Waals surface area contributed by atoms with E-state index in [1.165, 1.54) is 24.3 Å². The van der Waals surface area contributed by atoms with Gasteiger partial charge in [-0.15, -0.1) is 11.3 Å². The Balaban J connectivity index is 1.72. The van der Waals surface area contributed by atoms with Crippen LogP contribution in [0.4, 0.5) is 10.1 Å². The molecule has 0 aliphatic rings. The number of hydrogen-bond donors (Lipinski definition) is 1. The number of halogens is 1. The molecule has 0 saturated carbocycles. The molecular formula is C20H19FN2O3S2. The van der Waals surface area contributed by atoms with Gasteiger partial charge in [0.1, 0.15) is 5.82 Å². The Morgan fingerprint density at radius 3 is 2.29 bits per heavy atom. The minimum absolute atomic E-state index is 0.0430. The van der Waals surface area contributed by atoms with Gasteiger partial charge in [0.2, 0.25) is 0 Å². The molecule has 0 saturated heterocycles. The summed E-state index contributed by atoms with van der Waals surface area (Å²) >= 11 is 1.59. The lowest BCUT2D eigenvalue weighted by Crippen LogP contribution is -2.29. The molecule has 5 nitrogen and oxygen atoms in total. The van der Waals surface area contributed by atoms with Gasteiger partial charge in [0, 0.05) is 23.2 Å². The molecule has 1 amide bonds. The Morgan fingerprint density at radius 1 is 1.07 bits per heavy atom. The number of sulfonamides is 1. The Kier molecular flexibility index (Phi) is 5.81. The summed E-state index contributed by atoms with van der Waals surface area (Å²) in [5, 5.41) is 1.96. The van der Waals surface area contributed by atoms with E-state index in [2.05, 4.69) is 4.72 Å². The molecule has 146 valence electrons.